The predicted octanol–water partition coefficient (Wildman–Crippen LogP) is 9.59. The number of benzene rings is 5. The largest absolute Gasteiger partial charge is 0.310 e. The summed E-state index contributed by atoms with van der Waals surface area (Å²) in [5.74, 6) is 0.629. The average molecular weight is 466 g/mol. The molecule has 0 spiro atoms. The summed E-state index contributed by atoms with van der Waals surface area (Å²) in [5.41, 5.74) is 13.0. The molecule has 176 valence electrons. The molecule has 0 N–H and O–H groups in total. The van der Waals surface area contributed by atoms with Crippen molar-refractivity contribution in [2.75, 3.05) is 4.90 Å². The minimum absolute atomic E-state index is 0.629. The molecule has 5 aromatic rings. The van der Waals surface area contributed by atoms with Crippen LogP contribution < -0.4 is 4.90 Å². The first kappa shape index (κ1) is 22.4. The first-order valence-corrected chi connectivity index (χ1v) is 12.9. The van der Waals surface area contributed by atoms with Crippen LogP contribution in [0, 0.1) is 5.92 Å². The van der Waals surface area contributed by atoms with Gasteiger partial charge in [0.25, 0.3) is 0 Å². The van der Waals surface area contributed by atoms with Gasteiger partial charge in [0.15, 0.2) is 0 Å². The molecule has 0 aliphatic heterocycles. The standard InChI is InChI=1S/C35H31N/c1-25(2)21-26-9-8-13-33(22-26)36(31-11-4-3-5-12-31)32-19-17-27(18-20-32)28-15-16-30-23-29-10-6-7-14-34(29)35(30)24-28/h3-20,22,24-25H,21,23H2,1-2H3. The topological polar surface area (TPSA) is 3.24 Å². The Kier molecular flexibility index (Phi) is 5.91. The smallest absolute Gasteiger partial charge is 0.0464 e. The van der Waals surface area contributed by atoms with Gasteiger partial charge in [-0.15, -0.1) is 0 Å². The second-order valence-electron chi connectivity index (χ2n) is 10.2. The van der Waals surface area contributed by atoms with Gasteiger partial charge in [0, 0.05) is 17.1 Å². The Hall–Kier alpha value is -4.10. The van der Waals surface area contributed by atoms with Crippen molar-refractivity contribution in [1.29, 1.82) is 0 Å². The van der Waals surface area contributed by atoms with E-state index in [9.17, 15) is 0 Å². The van der Waals surface area contributed by atoms with Crippen LogP contribution in [0.2, 0.25) is 0 Å². The van der Waals surface area contributed by atoms with Gasteiger partial charge in [-0.05, 0) is 100 Å². The van der Waals surface area contributed by atoms with Crippen LogP contribution in [0.5, 0.6) is 0 Å². The van der Waals surface area contributed by atoms with Crippen LogP contribution in [-0.2, 0) is 12.8 Å². The molecule has 0 heterocycles. The van der Waals surface area contributed by atoms with E-state index >= 15 is 0 Å². The number of para-hydroxylation sites is 1. The van der Waals surface area contributed by atoms with Crippen LogP contribution in [0.3, 0.4) is 0 Å². The van der Waals surface area contributed by atoms with E-state index in [2.05, 4.69) is 140 Å². The fraction of sp³-hybridized carbons (Fsp3) is 0.143. The van der Waals surface area contributed by atoms with Crippen molar-refractivity contribution in [2.24, 2.45) is 5.92 Å². The molecular formula is C35H31N. The Morgan fingerprint density at radius 1 is 0.556 bits per heavy atom. The molecule has 1 nitrogen and oxygen atoms in total. The van der Waals surface area contributed by atoms with Crippen LogP contribution in [0.15, 0.2) is 121 Å². The van der Waals surface area contributed by atoms with E-state index in [-0.39, 0.29) is 0 Å². The summed E-state index contributed by atoms with van der Waals surface area (Å²) in [6.07, 6.45) is 2.11. The molecule has 0 unspecified atom stereocenters. The van der Waals surface area contributed by atoms with E-state index in [0.29, 0.717) is 5.92 Å². The highest BCUT2D eigenvalue weighted by atomic mass is 15.1. The first-order chi connectivity index (χ1) is 17.7. The Morgan fingerprint density at radius 3 is 2.03 bits per heavy atom. The monoisotopic (exact) mass is 465 g/mol. The lowest BCUT2D eigenvalue weighted by Gasteiger charge is -2.26. The van der Waals surface area contributed by atoms with E-state index in [1.807, 2.05) is 0 Å². The maximum absolute atomic E-state index is 2.36. The van der Waals surface area contributed by atoms with Crippen molar-refractivity contribution in [3.63, 3.8) is 0 Å². The van der Waals surface area contributed by atoms with Gasteiger partial charge in [-0.2, -0.15) is 0 Å². The molecule has 1 aliphatic carbocycles. The molecule has 6 rings (SSSR count). The van der Waals surface area contributed by atoms with Crippen LogP contribution in [0.1, 0.15) is 30.5 Å². The third-order valence-electron chi connectivity index (χ3n) is 7.08. The summed E-state index contributed by atoms with van der Waals surface area (Å²) in [7, 11) is 0. The summed E-state index contributed by atoms with van der Waals surface area (Å²) < 4.78 is 0. The Labute approximate surface area is 214 Å². The zero-order valence-corrected chi connectivity index (χ0v) is 21.0. The summed E-state index contributed by atoms with van der Waals surface area (Å²) in [4.78, 5) is 2.35. The summed E-state index contributed by atoms with van der Waals surface area (Å²) >= 11 is 0. The van der Waals surface area contributed by atoms with Crippen molar-refractivity contribution in [2.45, 2.75) is 26.7 Å². The van der Waals surface area contributed by atoms with Gasteiger partial charge in [-0.3, -0.25) is 0 Å². The first-order valence-electron chi connectivity index (χ1n) is 12.9. The molecule has 0 aromatic heterocycles. The van der Waals surface area contributed by atoms with Gasteiger partial charge in [0.1, 0.15) is 0 Å². The summed E-state index contributed by atoms with van der Waals surface area (Å²) in [5, 5.41) is 0. The number of rotatable bonds is 6. The number of hydrogen-bond acceptors (Lipinski definition) is 1. The maximum atomic E-state index is 2.36. The quantitative estimate of drug-likeness (QED) is 0.237. The lowest BCUT2D eigenvalue weighted by Crippen LogP contribution is -2.10. The zero-order valence-electron chi connectivity index (χ0n) is 21.0. The minimum Gasteiger partial charge on any atom is -0.310 e. The van der Waals surface area contributed by atoms with Gasteiger partial charge in [0.2, 0.25) is 0 Å². The summed E-state index contributed by atoms with van der Waals surface area (Å²) in [6, 6.07) is 44.3. The Bertz CT molecular complexity index is 1500. The van der Waals surface area contributed by atoms with Crippen LogP contribution in [-0.4, -0.2) is 0 Å². The average Bonchev–Trinajstić information content (AvgIpc) is 3.28. The number of anilines is 3. The molecule has 1 aliphatic rings. The second kappa shape index (κ2) is 9.51. The Morgan fingerprint density at radius 2 is 1.22 bits per heavy atom. The maximum Gasteiger partial charge on any atom is 0.0464 e. The fourth-order valence-electron chi connectivity index (χ4n) is 5.42. The fourth-order valence-corrected chi connectivity index (χ4v) is 5.42. The predicted molar refractivity (Wildman–Crippen MR) is 153 cm³/mol. The number of fused-ring (bicyclic) bond motifs is 3. The minimum atomic E-state index is 0.629. The van der Waals surface area contributed by atoms with Crippen LogP contribution >= 0.6 is 0 Å². The van der Waals surface area contributed by atoms with E-state index in [0.717, 1.165) is 18.5 Å². The molecule has 0 bridgehead atoms. The molecule has 0 radical (unpaired) electrons. The van der Waals surface area contributed by atoms with E-state index in [4.69, 9.17) is 0 Å². The third-order valence-corrected chi connectivity index (χ3v) is 7.08. The van der Waals surface area contributed by atoms with Gasteiger partial charge in [-0.1, -0.05) is 92.7 Å². The van der Waals surface area contributed by atoms with E-state index < -0.39 is 0 Å². The molecule has 1 heteroatoms. The molecule has 5 aromatic carbocycles. The summed E-state index contributed by atoms with van der Waals surface area (Å²) in [6.45, 7) is 4.55. The van der Waals surface area contributed by atoms with Gasteiger partial charge in [0.05, 0.1) is 0 Å². The van der Waals surface area contributed by atoms with E-state index in [1.54, 1.807) is 0 Å². The lowest BCUT2D eigenvalue weighted by molar-refractivity contribution is 0.647. The van der Waals surface area contributed by atoms with Crippen molar-refractivity contribution < 1.29 is 0 Å². The molecule has 0 amide bonds. The SMILES string of the molecule is CC(C)Cc1cccc(N(c2ccccc2)c2ccc(-c3ccc4c(c3)-c3ccccc3C4)cc2)c1. The number of nitrogens with zero attached hydrogens (tertiary/aromatic N) is 1. The molecule has 0 atom stereocenters. The van der Waals surface area contributed by atoms with Crippen molar-refractivity contribution in [1.82, 2.24) is 0 Å². The van der Waals surface area contributed by atoms with Gasteiger partial charge < -0.3 is 4.90 Å². The molecular weight excluding hydrogens is 434 g/mol. The second-order valence-corrected chi connectivity index (χ2v) is 10.2. The third kappa shape index (κ3) is 4.33. The highest BCUT2D eigenvalue weighted by Crippen LogP contribution is 2.40. The normalized spacial score (nSPS) is 11.9. The van der Waals surface area contributed by atoms with Gasteiger partial charge >= 0.3 is 0 Å². The highest BCUT2D eigenvalue weighted by molar-refractivity contribution is 5.83. The Balaban J connectivity index is 1.36. The van der Waals surface area contributed by atoms with E-state index in [1.165, 1.54) is 50.3 Å². The van der Waals surface area contributed by atoms with Crippen LogP contribution in [0.25, 0.3) is 22.3 Å². The van der Waals surface area contributed by atoms with Gasteiger partial charge in [-0.25, -0.2) is 0 Å². The van der Waals surface area contributed by atoms with Crippen LogP contribution in [0.4, 0.5) is 17.1 Å². The van der Waals surface area contributed by atoms with Crippen molar-refractivity contribution >= 4 is 17.1 Å². The molecule has 0 saturated carbocycles. The van der Waals surface area contributed by atoms with Crippen molar-refractivity contribution in [3.8, 4) is 22.3 Å². The molecule has 36 heavy (non-hydrogen) atoms. The lowest BCUT2D eigenvalue weighted by atomic mass is 9.98. The molecule has 0 saturated heterocycles. The molecule has 0 fully saturated rings. The van der Waals surface area contributed by atoms with Crippen molar-refractivity contribution in [3.05, 3.63) is 138 Å². The number of hydrogen-bond donors (Lipinski definition) is 0. The zero-order chi connectivity index (χ0) is 24.5. The highest BCUT2D eigenvalue weighted by Gasteiger charge is 2.18.